The van der Waals surface area contributed by atoms with Crippen LogP contribution in [0.5, 0.6) is 0 Å². The average molecular weight is 285 g/mol. The molecule has 0 aliphatic carbocycles. The Labute approximate surface area is 124 Å². The maximum atomic E-state index is 12.3. The van der Waals surface area contributed by atoms with E-state index in [4.69, 9.17) is 4.74 Å². The molecule has 0 spiro atoms. The number of ketones is 1. The number of aryl methyl sites for hydroxylation is 1. The molecular formula is C17H19NO3. The molecule has 0 unspecified atom stereocenters. The summed E-state index contributed by atoms with van der Waals surface area (Å²) in [5.74, 6) is -0.246. The quantitative estimate of drug-likeness (QED) is 0.605. The van der Waals surface area contributed by atoms with E-state index in [0.29, 0.717) is 12.2 Å². The van der Waals surface area contributed by atoms with Crippen molar-refractivity contribution in [2.24, 2.45) is 0 Å². The van der Waals surface area contributed by atoms with Crippen LogP contribution < -0.4 is 0 Å². The highest BCUT2D eigenvalue weighted by Gasteiger charge is 2.14. The minimum Gasteiger partial charge on any atom is -0.465 e. The molecule has 4 heteroatoms. The Balaban J connectivity index is 2.14. The minimum absolute atomic E-state index is 0.0406. The normalized spacial score (nSPS) is 10.4. The largest absolute Gasteiger partial charge is 0.465 e. The fourth-order valence-corrected chi connectivity index (χ4v) is 2.23. The van der Waals surface area contributed by atoms with Gasteiger partial charge in [0, 0.05) is 17.0 Å². The van der Waals surface area contributed by atoms with Crippen molar-refractivity contribution in [2.45, 2.75) is 26.8 Å². The lowest BCUT2D eigenvalue weighted by Gasteiger charge is -2.10. The first-order valence-corrected chi connectivity index (χ1v) is 7.00. The summed E-state index contributed by atoms with van der Waals surface area (Å²) in [5, 5.41) is 0. The zero-order valence-electron chi connectivity index (χ0n) is 12.3. The van der Waals surface area contributed by atoms with E-state index < -0.39 is 0 Å². The van der Waals surface area contributed by atoms with Crippen LogP contribution in [0.15, 0.2) is 42.5 Å². The van der Waals surface area contributed by atoms with Gasteiger partial charge in [0.2, 0.25) is 0 Å². The number of rotatable bonds is 6. The monoisotopic (exact) mass is 285 g/mol. The highest BCUT2D eigenvalue weighted by Crippen LogP contribution is 2.12. The Bertz CT molecular complexity index is 629. The second-order valence-corrected chi connectivity index (χ2v) is 4.82. The van der Waals surface area contributed by atoms with Gasteiger partial charge in [0.15, 0.2) is 5.78 Å². The van der Waals surface area contributed by atoms with Gasteiger partial charge in [-0.2, -0.15) is 0 Å². The molecule has 110 valence electrons. The molecule has 1 aromatic carbocycles. The third-order valence-electron chi connectivity index (χ3n) is 3.32. The molecule has 0 saturated carbocycles. The van der Waals surface area contributed by atoms with Crippen molar-refractivity contribution in [1.82, 2.24) is 4.57 Å². The van der Waals surface area contributed by atoms with Crippen LogP contribution in [-0.2, 0) is 22.5 Å². The Hall–Kier alpha value is -2.36. The molecule has 0 atom stereocenters. The highest BCUT2D eigenvalue weighted by atomic mass is 16.5. The zero-order chi connectivity index (χ0) is 15.2. The molecule has 21 heavy (non-hydrogen) atoms. The smallest absolute Gasteiger partial charge is 0.325 e. The van der Waals surface area contributed by atoms with Crippen LogP contribution in [0.2, 0.25) is 0 Å². The molecule has 4 nitrogen and oxygen atoms in total. The molecule has 1 heterocycles. The van der Waals surface area contributed by atoms with Crippen molar-refractivity contribution in [3.8, 4) is 0 Å². The standard InChI is InChI=1S/C17H19NO3/c1-3-21-17(20)12-18-13(2)9-10-15(18)11-16(19)14-7-5-4-6-8-14/h4-10H,3,11-12H2,1-2H3. The predicted octanol–water partition coefficient (Wildman–Crippen LogP) is 2.79. The van der Waals surface area contributed by atoms with Gasteiger partial charge in [0.25, 0.3) is 0 Å². The van der Waals surface area contributed by atoms with Gasteiger partial charge in [-0.1, -0.05) is 30.3 Å². The summed E-state index contributed by atoms with van der Waals surface area (Å²) in [5.41, 5.74) is 2.45. The van der Waals surface area contributed by atoms with Gasteiger partial charge < -0.3 is 9.30 Å². The number of carbonyl (C=O) groups is 2. The molecule has 0 amide bonds. The molecule has 0 aliphatic rings. The fraction of sp³-hybridized carbons (Fsp3) is 0.294. The van der Waals surface area contributed by atoms with Crippen LogP contribution >= 0.6 is 0 Å². The topological polar surface area (TPSA) is 48.3 Å². The van der Waals surface area contributed by atoms with Crippen molar-refractivity contribution >= 4 is 11.8 Å². The van der Waals surface area contributed by atoms with Crippen LogP contribution in [0.1, 0.15) is 28.7 Å². The Morgan fingerprint density at radius 1 is 1.10 bits per heavy atom. The van der Waals surface area contributed by atoms with E-state index in [-0.39, 0.29) is 24.7 Å². The number of hydrogen-bond acceptors (Lipinski definition) is 3. The number of esters is 1. The number of hydrogen-bond donors (Lipinski definition) is 0. The summed E-state index contributed by atoms with van der Waals surface area (Å²) >= 11 is 0. The molecule has 0 N–H and O–H groups in total. The molecule has 2 rings (SSSR count). The predicted molar refractivity (Wildman–Crippen MR) is 80.3 cm³/mol. The van der Waals surface area contributed by atoms with Gasteiger partial charge in [-0.25, -0.2) is 0 Å². The Kier molecular flexibility index (Phi) is 4.93. The molecular weight excluding hydrogens is 266 g/mol. The first kappa shape index (κ1) is 15.0. The van der Waals surface area contributed by atoms with Crippen molar-refractivity contribution in [1.29, 1.82) is 0 Å². The van der Waals surface area contributed by atoms with Crippen LogP contribution in [-0.4, -0.2) is 22.9 Å². The number of Topliss-reactive ketones (excluding diaryl/α,β-unsaturated/α-hetero) is 1. The molecule has 0 radical (unpaired) electrons. The van der Waals surface area contributed by atoms with Gasteiger partial charge in [0.1, 0.15) is 6.54 Å². The van der Waals surface area contributed by atoms with Crippen LogP contribution in [0.25, 0.3) is 0 Å². The lowest BCUT2D eigenvalue weighted by atomic mass is 10.1. The van der Waals surface area contributed by atoms with Crippen LogP contribution in [0, 0.1) is 6.92 Å². The van der Waals surface area contributed by atoms with Crippen molar-refractivity contribution in [2.75, 3.05) is 6.61 Å². The Morgan fingerprint density at radius 3 is 2.48 bits per heavy atom. The summed E-state index contributed by atoms with van der Waals surface area (Å²) in [4.78, 5) is 23.9. The first-order valence-electron chi connectivity index (χ1n) is 7.00. The van der Waals surface area contributed by atoms with Crippen LogP contribution in [0.4, 0.5) is 0 Å². The van der Waals surface area contributed by atoms with E-state index in [9.17, 15) is 9.59 Å². The molecule has 0 aliphatic heterocycles. The van der Waals surface area contributed by atoms with E-state index in [1.165, 1.54) is 0 Å². The number of nitrogens with zero attached hydrogens (tertiary/aromatic N) is 1. The zero-order valence-corrected chi connectivity index (χ0v) is 12.3. The van der Waals surface area contributed by atoms with Gasteiger partial charge in [-0.3, -0.25) is 9.59 Å². The lowest BCUT2D eigenvalue weighted by molar-refractivity contribution is -0.143. The van der Waals surface area contributed by atoms with Crippen molar-refractivity contribution in [3.63, 3.8) is 0 Å². The van der Waals surface area contributed by atoms with E-state index in [1.54, 1.807) is 19.1 Å². The second kappa shape index (κ2) is 6.88. The maximum Gasteiger partial charge on any atom is 0.325 e. The van der Waals surface area contributed by atoms with Gasteiger partial charge in [0.05, 0.1) is 13.0 Å². The number of benzene rings is 1. The van der Waals surface area contributed by atoms with E-state index in [2.05, 4.69) is 0 Å². The second-order valence-electron chi connectivity index (χ2n) is 4.82. The summed E-state index contributed by atoms with van der Waals surface area (Å²) in [6.07, 6.45) is 0.275. The Morgan fingerprint density at radius 2 is 1.81 bits per heavy atom. The molecule has 0 fully saturated rings. The molecule has 2 aromatic rings. The number of carbonyl (C=O) groups excluding carboxylic acids is 2. The average Bonchev–Trinajstić information content (AvgIpc) is 2.81. The van der Waals surface area contributed by atoms with E-state index >= 15 is 0 Å². The highest BCUT2D eigenvalue weighted by molar-refractivity contribution is 5.97. The molecule has 0 saturated heterocycles. The summed E-state index contributed by atoms with van der Waals surface area (Å²) < 4.78 is 6.80. The molecule has 1 aromatic heterocycles. The summed E-state index contributed by atoms with van der Waals surface area (Å²) in [6, 6.07) is 13.0. The third kappa shape index (κ3) is 3.81. The van der Waals surface area contributed by atoms with Gasteiger partial charge in [-0.05, 0) is 26.0 Å². The maximum absolute atomic E-state index is 12.3. The number of aromatic nitrogens is 1. The van der Waals surface area contributed by atoms with Crippen LogP contribution in [0.3, 0.4) is 0 Å². The molecule has 0 bridgehead atoms. The van der Waals surface area contributed by atoms with Gasteiger partial charge in [-0.15, -0.1) is 0 Å². The first-order chi connectivity index (χ1) is 10.1. The van der Waals surface area contributed by atoms with Crippen molar-refractivity contribution in [3.05, 3.63) is 59.4 Å². The van der Waals surface area contributed by atoms with E-state index in [1.807, 2.05) is 41.8 Å². The third-order valence-corrected chi connectivity index (χ3v) is 3.32. The lowest BCUT2D eigenvalue weighted by Crippen LogP contribution is -2.18. The number of ether oxygens (including phenoxy) is 1. The fourth-order valence-electron chi connectivity index (χ4n) is 2.23. The van der Waals surface area contributed by atoms with Gasteiger partial charge >= 0.3 is 5.97 Å². The van der Waals surface area contributed by atoms with E-state index in [0.717, 1.165) is 11.4 Å². The van der Waals surface area contributed by atoms with Crippen molar-refractivity contribution < 1.29 is 14.3 Å². The SMILES string of the molecule is CCOC(=O)Cn1c(C)ccc1CC(=O)c1ccccc1. The minimum atomic E-state index is -0.287. The summed E-state index contributed by atoms with van der Waals surface area (Å²) in [7, 11) is 0. The summed E-state index contributed by atoms with van der Waals surface area (Å²) in [6.45, 7) is 4.19.